The summed E-state index contributed by atoms with van der Waals surface area (Å²) in [6.07, 6.45) is 75.8. The van der Waals surface area contributed by atoms with Gasteiger partial charge in [0.1, 0.15) is 13.2 Å². The lowest BCUT2D eigenvalue weighted by molar-refractivity contribution is -0.167. The molecular formula is C61H96O6. The molecule has 0 saturated heterocycles. The number of rotatable bonds is 46. The Morgan fingerprint density at radius 2 is 0.597 bits per heavy atom. The lowest BCUT2D eigenvalue weighted by Gasteiger charge is -2.18. The van der Waals surface area contributed by atoms with E-state index in [2.05, 4.69) is 154 Å². The average molecular weight is 925 g/mol. The van der Waals surface area contributed by atoms with E-state index in [-0.39, 0.29) is 44.0 Å². The number of carbonyl (C=O) groups is 3. The summed E-state index contributed by atoms with van der Waals surface area (Å²) in [6, 6.07) is 0. The van der Waals surface area contributed by atoms with Crippen LogP contribution in [0.2, 0.25) is 0 Å². The van der Waals surface area contributed by atoms with Gasteiger partial charge in [-0.1, -0.05) is 199 Å². The van der Waals surface area contributed by atoms with Crippen molar-refractivity contribution in [2.24, 2.45) is 0 Å². The van der Waals surface area contributed by atoms with Crippen LogP contribution in [0, 0.1) is 0 Å². The first kappa shape index (κ1) is 62.5. The largest absolute Gasteiger partial charge is 0.462 e. The Bertz CT molecular complexity index is 1480. The zero-order chi connectivity index (χ0) is 48.6. The minimum Gasteiger partial charge on any atom is -0.462 e. The second kappa shape index (κ2) is 54.2. The monoisotopic (exact) mass is 925 g/mol. The molecule has 0 radical (unpaired) electrons. The van der Waals surface area contributed by atoms with Crippen LogP contribution in [0.15, 0.2) is 134 Å². The molecular weight excluding hydrogens is 829 g/mol. The molecule has 0 aliphatic rings. The van der Waals surface area contributed by atoms with Gasteiger partial charge in [-0.15, -0.1) is 0 Å². The van der Waals surface area contributed by atoms with E-state index in [1.807, 2.05) is 0 Å². The smallest absolute Gasteiger partial charge is 0.306 e. The van der Waals surface area contributed by atoms with Gasteiger partial charge in [0, 0.05) is 19.3 Å². The van der Waals surface area contributed by atoms with Gasteiger partial charge in [-0.3, -0.25) is 14.4 Å². The van der Waals surface area contributed by atoms with Gasteiger partial charge in [-0.25, -0.2) is 0 Å². The highest BCUT2D eigenvalue weighted by Gasteiger charge is 2.19. The standard InChI is InChI=1S/C61H96O6/c1-4-7-10-13-16-19-22-25-28-30-33-36-39-42-45-48-51-54-60(63)66-57-58(56-65-59(62)53-50-47-44-41-38-35-32-27-24-21-18-15-12-9-6-3)67-61(64)55-52-49-46-43-40-37-34-31-29-26-23-20-17-14-11-8-5-2/h9,12,16-21,25-29,32-34,36-37,42-43,45-46,58H,4-8,10-11,13-15,22-24,30-31,35,38-41,44,47-57H2,1-3H3/t58-/m0/s1. The molecule has 1 atom stereocenters. The molecule has 0 aliphatic heterocycles. The van der Waals surface area contributed by atoms with Crippen molar-refractivity contribution >= 4 is 17.9 Å². The van der Waals surface area contributed by atoms with Crippen molar-refractivity contribution in [1.29, 1.82) is 0 Å². The van der Waals surface area contributed by atoms with Crippen molar-refractivity contribution in [2.75, 3.05) is 13.2 Å². The molecule has 0 N–H and O–H groups in total. The van der Waals surface area contributed by atoms with Gasteiger partial charge in [0.25, 0.3) is 0 Å². The summed E-state index contributed by atoms with van der Waals surface area (Å²) in [5.41, 5.74) is 0. The Morgan fingerprint density at radius 3 is 0.970 bits per heavy atom. The van der Waals surface area contributed by atoms with Crippen molar-refractivity contribution in [1.82, 2.24) is 0 Å². The number of carbonyl (C=O) groups excluding carboxylic acids is 3. The van der Waals surface area contributed by atoms with Gasteiger partial charge in [-0.2, -0.15) is 0 Å². The highest BCUT2D eigenvalue weighted by molar-refractivity contribution is 5.71. The molecule has 0 spiro atoms. The first-order valence-electron chi connectivity index (χ1n) is 26.7. The number of ether oxygens (including phenoxy) is 3. The molecule has 0 aromatic heterocycles. The van der Waals surface area contributed by atoms with Crippen molar-refractivity contribution in [3.63, 3.8) is 0 Å². The Kier molecular flexibility index (Phi) is 50.6. The normalized spacial score (nSPS) is 13.2. The molecule has 0 amide bonds. The number of hydrogen-bond acceptors (Lipinski definition) is 6. The third kappa shape index (κ3) is 52.4. The fraction of sp³-hybridized carbons (Fsp3) is 0.590. The van der Waals surface area contributed by atoms with E-state index in [1.54, 1.807) is 0 Å². The minimum absolute atomic E-state index is 0.131. The molecule has 0 aromatic carbocycles. The average Bonchev–Trinajstić information content (AvgIpc) is 3.33. The van der Waals surface area contributed by atoms with Crippen LogP contribution in [0.3, 0.4) is 0 Å². The van der Waals surface area contributed by atoms with E-state index in [1.165, 1.54) is 51.4 Å². The van der Waals surface area contributed by atoms with Crippen LogP contribution in [0.4, 0.5) is 0 Å². The first-order chi connectivity index (χ1) is 33.0. The molecule has 376 valence electrons. The molecule has 0 rings (SSSR count). The molecule has 0 heterocycles. The summed E-state index contributed by atoms with van der Waals surface area (Å²) in [6.45, 7) is 6.34. The van der Waals surface area contributed by atoms with Gasteiger partial charge in [-0.05, 0) is 128 Å². The summed E-state index contributed by atoms with van der Waals surface area (Å²) in [5, 5.41) is 0. The molecule has 6 nitrogen and oxygen atoms in total. The molecule has 0 bridgehead atoms. The van der Waals surface area contributed by atoms with Crippen LogP contribution in [0.1, 0.15) is 213 Å². The van der Waals surface area contributed by atoms with E-state index in [4.69, 9.17) is 14.2 Å². The molecule has 0 unspecified atom stereocenters. The third-order valence-electron chi connectivity index (χ3n) is 10.6. The van der Waals surface area contributed by atoms with E-state index < -0.39 is 6.10 Å². The van der Waals surface area contributed by atoms with Crippen LogP contribution in [-0.2, 0) is 28.6 Å². The van der Waals surface area contributed by atoms with Crippen LogP contribution in [0.5, 0.6) is 0 Å². The second-order valence-corrected chi connectivity index (χ2v) is 17.0. The van der Waals surface area contributed by atoms with Gasteiger partial charge in [0.15, 0.2) is 6.10 Å². The Morgan fingerprint density at radius 1 is 0.313 bits per heavy atom. The van der Waals surface area contributed by atoms with E-state index in [0.29, 0.717) is 19.3 Å². The van der Waals surface area contributed by atoms with Crippen LogP contribution < -0.4 is 0 Å². The molecule has 6 heteroatoms. The van der Waals surface area contributed by atoms with Gasteiger partial charge >= 0.3 is 17.9 Å². The molecule has 0 aromatic rings. The summed E-state index contributed by atoms with van der Waals surface area (Å²) in [4.78, 5) is 38.0. The summed E-state index contributed by atoms with van der Waals surface area (Å²) in [5.74, 6) is -1.07. The van der Waals surface area contributed by atoms with E-state index in [0.717, 1.165) is 109 Å². The highest BCUT2D eigenvalue weighted by atomic mass is 16.6. The SMILES string of the molecule is CCC=CCC=CCC=CCCCCCCCC(=O)OC[C@@H](COC(=O)CCCC=CCC=CCC=CCC=CCCCCC)OC(=O)CCCC=CCC=CCC=CCC=CCCCCC. The quantitative estimate of drug-likeness (QED) is 0.0262. The van der Waals surface area contributed by atoms with Gasteiger partial charge < -0.3 is 14.2 Å². The van der Waals surface area contributed by atoms with Crippen LogP contribution >= 0.6 is 0 Å². The van der Waals surface area contributed by atoms with Crippen molar-refractivity contribution in [3.05, 3.63) is 134 Å². The fourth-order valence-electron chi connectivity index (χ4n) is 6.62. The highest BCUT2D eigenvalue weighted by Crippen LogP contribution is 2.11. The number of allylic oxidation sites excluding steroid dienone is 22. The van der Waals surface area contributed by atoms with Crippen molar-refractivity contribution < 1.29 is 28.6 Å². The maximum Gasteiger partial charge on any atom is 0.306 e. The fourth-order valence-corrected chi connectivity index (χ4v) is 6.62. The van der Waals surface area contributed by atoms with Crippen LogP contribution in [0.25, 0.3) is 0 Å². The number of esters is 3. The minimum atomic E-state index is -0.841. The predicted molar refractivity (Wildman–Crippen MR) is 288 cm³/mol. The maximum atomic E-state index is 12.8. The molecule has 0 saturated carbocycles. The number of unbranched alkanes of at least 4 members (excludes halogenated alkanes) is 13. The summed E-state index contributed by atoms with van der Waals surface area (Å²) < 4.78 is 16.7. The lowest BCUT2D eigenvalue weighted by Crippen LogP contribution is -2.30. The predicted octanol–water partition coefficient (Wildman–Crippen LogP) is 17.9. The van der Waals surface area contributed by atoms with Crippen molar-refractivity contribution in [3.8, 4) is 0 Å². The second-order valence-electron chi connectivity index (χ2n) is 17.0. The maximum absolute atomic E-state index is 12.8. The molecule has 0 fully saturated rings. The van der Waals surface area contributed by atoms with Gasteiger partial charge in [0.2, 0.25) is 0 Å². The third-order valence-corrected chi connectivity index (χ3v) is 10.6. The van der Waals surface area contributed by atoms with Crippen molar-refractivity contribution in [2.45, 2.75) is 219 Å². The summed E-state index contributed by atoms with van der Waals surface area (Å²) >= 11 is 0. The summed E-state index contributed by atoms with van der Waals surface area (Å²) in [7, 11) is 0. The molecule has 0 aliphatic carbocycles. The van der Waals surface area contributed by atoms with E-state index >= 15 is 0 Å². The Hall–Kier alpha value is -4.45. The zero-order valence-electron chi connectivity index (χ0n) is 42.9. The molecule has 67 heavy (non-hydrogen) atoms. The Labute approximate surface area is 411 Å². The Balaban J connectivity index is 4.62. The zero-order valence-corrected chi connectivity index (χ0v) is 42.9. The van der Waals surface area contributed by atoms with Crippen LogP contribution in [-0.4, -0.2) is 37.2 Å². The topological polar surface area (TPSA) is 78.9 Å². The van der Waals surface area contributed by atoms with Gasteiger partial charge in [0.05, 0.1) is 0 Å². The van der Waals surface area contributed by atoms with E-state index in [9.17, 15) is 14.4 Å². The lowest BCUT2D eigenvalue weighted by atomic mass is 10.1. The number of hydrogen-bond donors (Lipinski definition) is 0. The first-order valence-corrected chi connectivity index (χ1v) is 26.7.